The first-order chi connectivity index (χ1) is 8.83. The molecule has 5 heteroatoms. The number of halogens is 2. The van der Waals surface area contributed by atoms with Crippen LogP contribution < -0.4 is 5.73 Å². The Labute approximate surface area is 134 Å². The number of nitrogens with two attached hydrogens (primary N) is 1. The molecular weight excluding hydrogens is 293 g/mol. The maximum atomic E-state index is 6.25. The predicted octanol–water partition coefficient (Wildman–Crippen LogP) is 2.53. The summed E-state index contributed by atoms with van der Waals surface area (Å²) in [6.07, 6.45) is 8.89. The zero-order chi connectivity index (χ0) is 12.4. The van der Waals surface area contributed by atoms with Crippen LogP contribution in [0, 0.1) is 11.8 Å². The average molecular weight is 318 g/mol. The number of fused-ring (bicyclic) bond motifs is 1. The summed E-state index contributed by atoms with van der Waals surface area (Å²) in [6, 6.07) is 4.64. The van der Waals surface area contributed by atoms with E-state index in [1.54, 1.807) is 0 Å². The molecule has 2 aliphatic rings. The van der Waals surface area contributed by atoms with Crippen LogP contribution in [0.4, 0.5) is 0 Å². The summed E-state index contributed by atoms with van der Waals surface area (Å²) in [7, 11) is 0. The Morgan fingerprint density at radius 2 is 2.10 bits per heavy atom. The third kappa shape index (κ3) is 4.08. The fourth-order valence-corrected chi connectivity index (χ4v) is 3.62. The molecule has 0 radical (unpaired) electrons. The molecule has 2 heterocycles. The minimum Gasteiger partial charge on any atom is -0.327 e. The van der Waals surface area contributed by atoms with Crippen LogP contribution in [0.15, 0.2) is 24.5 Å². The Kier molecular flexibility index (Phi) is 7.24. The van der Waals surface area contributed by atoms with Gasteiger partial charge >= 0.3 is 0 Å². The van der Waals surface area contributed by atoms with E-state index in [9.17, 15) is 0 Å². The fourth-order valence-electron chi connectivity index (χ4n) is 3.62. The van der Waals surface area contributed by atoms with Crippen LogP contribution in [-0.4, -0.2) is 35.6 Å². The molecule has 3 nitrogen and oxygen atoms in total. The van der Waals surface area contributed by atoms with Crippen LogP contribution >= 0.6 is 24.8 Å². The van der Waals surface area contributed by atoms with E-state index in [2.05, 4.69) is 16.0 Å². The van der Waals surface area contributed by atoms with E-state index in [4.69, 9.17) is 5.73 Å². The second-order valence-corrected chi connectivity index (χ2v) is 5.89. The average Bonchev–Trinajstić information content (AvgIpc) is 2.82. The van der Waals surface area contributed by atoms with Crippen molar-refractivity contribution >= 4 is 24.8 Å². The molecule has 114 valence electrons. The van der Waals surface area contributed by atoms with Crippen LogP contribution in [0.3, 0.4) is 0 Å². The molecule has 20 heavy (non-hydrogen) atoms. The van der Waals surface area contributed by atoms with E-state index in [1.807, 2.05) is 18.5 Å². The molecule has 3 unspecified atom stereocenters. The van der Waals surface area contributed by atoms with Crippen molar-refractivity contribution in [1.29, 1.82) is 0 Å². The van der Waals surface area contributed by atoms with Crippen molar-refractivity contribution in [1.82, 2.24) is 9.88 Å². The van der Waals surface area contributed by atoms with E-state index < -0.39 is 0 Å². The van der Waals surface area contributed by atoms with Crippen molar-refractivity contribution in [2.75, 3.05) is 19.6 Å². The largest absolute Gasteiger partial charge is 0.327 e. The van der Waals surface area contributed by atoms with Gasteiger partial charge in [-0.05, 0) is 42.7 Å². The number of rotatable bonds is 3. The van der Waals surface area contributed by atoms with Gasteiger partial charge in [-0.2, -0.15) is 0 Å². The smallest absolute Gasteiger partial charge is 0.0300 e. The summed E-state index contributed by atoms with van der Waals surface area (Å²) >= 11 is 0. The third-order valence-corrected chi connectivity index (χ3v) is 4.67. The van der Waals surface area contributed by atoms with Gasteiger partial charge in [-0.15, -0.1) is 24.8 Å². The number of hydrogen-bond acceptors (Lipinski definition) is 3. The van der Waals surface area contributed by atoms with Crippen molar-refractivity contribution in [3.63, 3.8) is 0 Å². The Morgan fingerprint density at radius 3 is 2.80 bits per heavy atom. The maximum absolute atomic E-state index is 6.25. The standard InChI is InChI=1S/C15H23N3.2ClH/c16-15-5-1-4-13-10-18(11-14(13)15)8-6-12-3-2-7-17-9-12;;/h2-3,7,9,13-15H,1,4-6,8,10-11,16H2;2*1H. The van der Waals surface area contributed by atoms with Gasteiger partial charge in [0.15, 0.2) is 0 Å². The molecule has 1 saturated heterocycles. The van der Waals surface area contributed by atoms with Gasteiger partial charge in [-0.25, -0.2) is 0 Å². The van der Waals surface area contributed by atoms with E-state index in [1.165, 1.54) is 37.9 Å². The van der Waals surface area contributed by atoms with Gasteiger partial charge in [0.05, 0.1) is 0 Å². The van der Waals surface area contributed by atoms with E-state index in [0.717, 1.165) is 24.8 Å². The third-order valence-electron chi connectivity index (χ3n) is 4.67. The summed E-state index contributed by atoms with van der Waals surface area (Å²) < 4.78 is 0. The van der Waals surface area contributed by atoms with Gasteiger partial charge in [0, 0.05) is 38.1 Å². The van der Waals surface area contributed by atoms with Crippen LogP contribution in [0.1, 0.15) is 24.8 Å². The molecule has 1 aliphatic carbocycles. The molecule has 3 rings (SSSR count). The van der Waals surface area contributed by atoms with Crippen molar-refractivity contribution in [3.05, 3.63) is 30.1 Å². The van der Waals surface area contributed by atoms with Crippen LogP contribution in [0.5, 0.6) is 0 Å². The highest BCUT2D eigenvalue weighted by Gasteiger charge is 2.38. The highest BCUT2D eigenvalue weighted by molar-refractivity contribution is 5.85. The number of aromatic nitrogens is 1. The molecule has 1 saturated carbocycles. The SMILES string of the molecule is Cl.Cl.NC1CCCC2CN(CCc3cccnc3)CC12. The molecule has 1 aliphatic heterocycles. The fraction of sp³-hybridized carbons (Fsp3) is 0.667. The first-order valence-corrected chi connectivity index (χ1v) is 7.20. The van der Waals surface area contributed by atoms with E-state index >= 15 is 0 Å². The van der Waals surface area contributed by atoms with Crippen LogP contribution in [0.25, 0.3) is 0 Å². The van der Waals surface area contributed by atoms with Crippen molar-refractivity contribution in [2.24, 2.45) is 17.6 Å². The lowest BCUT2D eigenvalue weighted by Gasteiger charge is -2.29. The quantitative estimate of drug-likeness (QED) is 0.931. The first kappa shape index (κ1) is 17.7. The second kappa shape index (κ2) is 8.18. The van der Waals surface area contributed by atoms with Gasteiger partial charge in [0.25, 0.3) is 0 Å². The first-order valence-electron chi connectivity index (χ1n) is 7.20. The van der Waals surface area contributed by atoms with E-state index in [-0.39, 0.29) is 24.8 Å². The van der Waals surface area contributed by atoms with Crippen LogP contribution in [-0.2, 0) is 6.42 Å². The summed E-state index contributed by atoms with van der Waals surface area (Å²) in [4.78, 5) is 6.78. The van der Waals surface area contributed by atoms with Gasteiger partial charge < -0.3 is 10.6 Å². The van der Waals surface area contributed by atoms with Crippen LogP contribution in [0.2, 0.25) is 0 Å². The highest BCUT2D eigenvalue weighted by Crippen LogP contribution is 2.35. The summed E-state index contributed by atoms with van der Waals surface area (Å²) in [6.45, 7) is 3.64. The summed E-state index contributed by atoms with van der Waals surface area (Å²) in [5.41, 5.74) is 7.60. The van der Waals surface area contributed by atoms with E-state index in [0.29, 0.717) is 6.04 Å². The lowest BCUT2D eigenvalue weighted by Crippen LogP contribution is -2.38. The molecule has 0 spiro atoms. The Balaban J connectivity index is 0.000001000. The highest BCUT2D eigenvalue weighted by atomic mass is 35.5. The molecule has 0 amide bonds. The Hall–Kier alpha value is -0.350. The Bertz CT molecular complexity index is 388. The summed E-state index contributed by atoms with van der Waals surface area (Å²) in [5, 5.41) is 0. The number of nitrogens with zero attached hydrogens (tertiary/aromatic N) is 2. The predicted molar refractivity (Wildman–Crippen MR) is 87.7 cm³/mol. The Morgan fingerprint density at radius 1 is 1.25 bits per heavy atom. The van der Waals surface area contributed by atoms with Gasteiger partial charge in [0.2, 0.25) is 0 Å². The lowest BCUT2D eigenvalue weighted by molar-refractivity contribution is 0.259. The van der Waals surface area contributed by atoms with Crippen molar-refractivity contribution < 1.29 is 0 Å². The van der Waals surface area contributed by atoms with Crippen molar-refractivity contribution in [3.8, 4) is 0 Å². The summed E-state index contributed by atoms with van der Waals surface area (Å²) in [5.74, 6) is 1.62. The molecule has 0 bridgehead atoms. The molecular formula is C15H25Cl2N3. The minimum atomic E-state index is 0. The lowest BCUT2D eigenvalue weighted by atomic mass is 9.78. The normalized spacial score (nSPS) is 29.1. The molecule has 0 aromatic carbocycles. The number of pyridine rings is 1. The van der Waals surface area contributed by atoms with Gasteiger partial charge in [0.1, 0.15) is 0 Å². The van der Waals surface area contributed by atoms with Gasteiger partial charge in [-0.1, -0.05) is 12.5 Å². The number of hydrogen-bond donors (Lipinski definition) is 1. The number of likely N-dealkylation sites (tertiary alicyclic amines) is 1. The van der Waals surface area contributed by atoms with Crippen molar-refractivity contribution in [2.45, 2.75) is 31.7 Å². The molecule has 1 aromatic rings. The zero-order valence-electron chi connectivity index (χ0n) is 11.8. The molecule has 2 fully saturated rings. The molecule has 1 aromatic heterocycles. The topological polar surface area (TPSA) is 42.1 Å². The van der Waals surface area contributed by atoms with Gasteiger partial charge in [-0.3, -0.25) is 4.98 Å². The minimum absolute atomic E-state index is 0. The second-order valence-electron chi connectivity index (χ2n) is 5.89. The molecule has 3 atom stereocenters. The molecule has 2 N–H and O–H groups in total. The monoisotopic (exact) mass is 317 g/mol. The maximum Gasteiger partial charge on any atom is 0.0300 e. The zero-order valence-corrected chi connectivity index (χ0v) is 13.4.